The summed E-state index contributed by atoms with van der Waals surface area (Å²) >= 11 is 0. The maximum absolute atomic E-state index is 12.7. The van der Waals surface area contributed by atoms with Crippen molar-refractivity contribution in [2.75, 3.05) is 31.1 Å². The maximum Gasteiger partial charge on any atom is 0.253 e. The third-order valence-electron chi connectivity index (χ3n) is 5.96. The molecular weight excluding hydrogens is 374 g/mol. The van der Waals surface area contributed by atoms with E-state index in [1.165, 1.54) is 12.8 Å². The molecule has 0 bridgehead atoms. The van der Waals surface area contributed by atoms with Crippen molar-refractivity contribution in [3.8, 4) is 5.75 Å². The van der Waals surface area contributed by atoms with E-state index in [1.54, 1.807) is 6.07 Å². The lowest BCUT2D eigenvalue weighted by molar-refractivity contribution is 0.0773. The Morgan fingerprint density at radius 3 is 2.23 bits per heavy atom. The number of phenols is 1. The number of carbonyl (C=O) groups excluding carboxylic acids is 1. The summed E-state index contributed by atoms with van der Waals surface area (Å²) in [5.41, 5.74) is 2.73. The minimum Gasteiger partial charge on any atom is -0.508 e. The first-order valence-corrected chi connectivity index (χ1v) is 11.3. The Morgan fingerprint density at radius 1 is 1.00 bits per heavy atom. The second kappa shape index (κ2) is 10.5. The molecule has 1 atom stereocenters. The number of rotatable bonds is 9. The third kappa shape index (κ3) is 4.96. The summed E-state index contributed by atoms with van der Waals surface area (Å²) in [6.45, 7) is 9.84. The Kier molecular flexibility index (Phi) is 7.75. The van der Waals surface area contributed by atoms with E-state index in [2.05, 4.69) is 16.7 Å². The van der Waals surface area contributed by atoms with Crippen LogP contribution in [0, 0.1) is 0 Å². The number of benzene rings is 2. The van der Waals surface area contributed by atoms with Gasteiger partial charge in [0, 0.05) is 49.2 Å². The molecule has 5 heteroatoms. The average Bonchev–Trinajstić information content (AvgIpc) is 3.29. The van der Waals surface area contributed by atoms with Crippen molar-refractivity contribution in [1.82, 2.24) is 9.80 Å². The van der Waals surface area contributed by atoms with Gasteiger partial charge in [-0.3, -0.25) is 9.69 Å². The summed E-state index contributed by atoms with van der Waals surface area (Å²) < 4.78 is 0. The number of phenolic OH excluding ortho intramolecular Hbond substituents is 1. The largest absolute Gasteiger partial charge is 0.508 e. The molecule has 1 N–H and O–H groups in total. The summed E-state index contributed by atoms with van der Waals surface area (Å²) in [6.07, 6.45) is 4.80. The monoisotopic (exact) mass is 409 g/mol. The zero-order valence-electron chi connectivity index (χ0n) is 18.6. The van der Waals surface area contributed by atoms with E-state index in [9.17, 15) is 9.90 Å². The van der Waals surface area contributed by atoms with E-state index < -0.39 is 0 Å². The molecule has 30 heavy (non-hydrogen) atoms. The molecule has 1 aliphatic heterocycles. The van der Waals surface area contributed by atoms with Crippen molar-refractivity contribution < 1.29 is 9.90 Å². The Balaban J connectivity index is 1.98. The fourth-order valence-electron chi connectivity index (χ4n) is 4.37. The molecule has 5 nitrogen and oxygen atoms in total. The van der Waals surface area contributed by atoms with Crippen molar-refractivity contribution in [1.29, 1.82) is 0 Å². The molecule has 0 aromatic heterocycles. The molecule has 0 aliphatic carbocycles. The van der Waals surface area contributed by atoms with Crippen LogP contribution in [0.4, 0.5) is 11.4 Å². The Hall–Kier alpha value is -2.53. The molecule has 2 aromatic rings. The number of carbonyl (C=O) groups is 1. The number of hydrogen-bond acceptors (Lipinski definition) is 4. The van der Waals surface area contributed by atoms with Crippen LogP contribution in [0.1, 0.15) is 56.8 Å². The molecule has 1 saturated heterocycles. The van der Waals surface area contributed by atoms with Gasteiger partial charge in [0.05, 0.1) is 6.17 Å². The van der Waals surface area contributed by atoms with Crippen molar-refractivity contribution in [2.45, 2.75) is 52.6 Å². The standard InChI is InChI=1S/C25H35N3O2/c1-4-10-24(27-17-7-8-18-27)28(22-11-9-12-23(29)19-22)21-15-13-20(14-16-21)25(30)26(5-2)6-3/h9,11-16,19,24,29H,4-8,10,17-18H2,1-3H3. The highest BCUT2D eigenvalue weighted by Crippen LogP contribution is 2.34. The van der Waals surface area contributed by atoms with Crippen LogP contribution >= 0.6 is 0 Å². The maximum atomic E-state index is 12.7. The predicted octanol–water partition coefficient (Wildman–Crippen LogP) is 5.23. The van der Waals surface area contributed by atoms with Gasteiger partial charge in [0.15, 0.2) is 0 Å². The van der Waals surface area contributed by atoms with Crippen LogP contribution in [0.3, 0.4) is 0 Å². The number of amides is 1. The first-order chi connectivity index (χ1) is 14.6. The SMILES string of the molecule is CCCC(N1CCCC1)N(c1ccc(C(=O)N(CC)CC)cc1)c1cccc(O)c1. The van der Waals surface area contributed by atoms with E-state index in [1.807, 2.05) is 61.2 Å². The number of nitrogens with zero attached hydrogens (tertiary/aromatic N) is 3. The van der Waals surface area contributed by atoms with Crippen LogP contribution in [0.2, 0.25) is 0 Å². The quantitative estimate of drug-likeness (QED) is 0.616. The number of anilines is 2. The van der Waals surface area contributed by atoms with Crippen LogP contribution in [-0.2, 0) is 0 Å². The van der Waals surface area contributed by atoms with E-state index in [0.717, 1.165) is 37.3 Å². The van der Waals surface area contributed by atoms with Crippen LogP contribution in [-0.4, -0.2) is 53.2 Å². The summed E-state index contributed by atoms with van der Waals surface area (Å²) in [7, 11) is 0. The molecule has 1 fully saturated rings. The zero-order valence-corrected chi connectivity index (χ0v) is 18.6. The summed E-state index contributed by atoms with van der Waals surface area (Å²) in [5.74, 6) is 0.336. The second-order valence-corrected chi connectivity index (χ2v) is 7.93. The van der Waals surface area contributed by atoms with Crippen molar-refractivity contribution in [3.05, 3.63) is 54.1 Å². The predicted molar refractivity (Wildman–Crippen MR) is 123 cm³/mol. The first kappa shape index (κ1) is 22.2. The smallest absolute Gasteiger partial charge is 0.253 e. The summed E-state index contributed by atoms with van der Waals surface area (Å²) in [6, 6.07) is 15.4. The van der Waals surface area contributed by atoms with Gasteiger partial charge in [0.1, 0.15) is 5.75 Å². The normalized spacial score (nSPS) is 15.2. The molecule has 1 heterocycles. The van der Waals surface area contributed by atoms with E-state index in [-0.39, 0.29) is 17.8 Å². The summed E-state index contributed by atoms with van der Waals surface area (Å²) in [5, 5.41) is 10.1. The van der Waals surface area contributed by atoms with Crippen molar-refractivity contribution >= 4 is 17.3 Å². The van der Waals surface area contributed by atoms with Gasteiger partial charge in [-0.25, -0.2) is 0 Å². The van der Waals surface area contributed by atoms with Crippen LogP contribution in [0.5, 0.6) is 5.75 Å². The van der Waals surface area contributed by atoms with Gasteiger partial charge in [0.25, 0.3) is 5.91 Å². The molecule has 1 unspecified atom stereocenters. The van der Waals surface area contributed by atoms with E-state index in [0.29, 0.717) is 18.7 Å². The van der Waals surface area contributed by atoms with Crippen molar-refractivity contribution in [3.63, 3.8) is 0 Å². The Bertz CT molecular complexity index is 811. The van der Waals surface area contributed by atoms with Gasteiger partial charge in [-0.15, -0.1) is 0 Å². The molecule has 2 aromatic carbocycles. The topological polar surface area (TPSA) is 47.0 Å². The van der Waals surface area contributed by atoms with Gasteiger partial charge in [-0.1, -0.05) is 19.4 Å². The van der Waals surface area contributed by atoms with Gasteiger partial charge in [-0.2, -0.15) is 0 Å². The fourth-order valence-corrected chi connectivity index (χ4v) is 4.37. The third-order valence-corrected chi connectivity index (χ3v) is 5.96. The van der Waals surface area contributed by atoms with Crippen LogP contribution < -0.4 is 4.90 Å². The lowest BCUT2D eigenvalue weighted by Crippen LogP contribution is -2.45. The average molecular weight is 410 g/mol. The number of aromatic hydroxyl groups is 1. The van der Waals surface area contributed by atoms with Gasteiger partial charge in [-0.05, 0) is 69.5 Å². The summed E-state index contributed by atoms with van der Waals surface area (Å²) in [4.78, 5) is 19.4. The number of hydrogen-bond donors (Lipinski definition) is 1. The molecule has 0 radical (unpaired) electrons. The van der Waals surface area contributed by atoms with Crippen LogP contribution in [0.15, 0.2) is 48.5 Å². The number of likely N-dealkylation sites (tertiary alicyclic amines) is 1. The van der Waals surface area contributed by atoms with E-state index in [4.69, 9.17) is 0 Å². The van der Waals surface area contributed by atoms with Gasteiger partial charge >= 0.3 is 0 Å². The molecule has 3 rings (SSSR count). The Labute approximate surface area is 180 Å². The first-order valence-electron chi connectivity index (χ1n) is 11.3. The zero-order chi connectivity index (χ0) is 21.5. The lowest BCUT2D eigenvalue weighted by atomic mass is 10.1. The fraction of sp³-hybridized carbons (Fsp3) is 0.480. The molecular formula is C25H35N3O2. The van der Waals surface area contributed by atoms with Crippen LogP contribution in [0.25, 0.3) is 0 Å². The molecule has 162 valence electrons. The molecule has 1 aliphatic rings. The highest BCUT2D eigenvalue weighted by Gasteiger charge is 2.28. The molecule has 0 saturated carbocycles. The second-order valence-electron chi connectivity index (χ2n) is 7.93. The van der Waals surface area contributed by atoms with E-state index >= 15 is 0 Å². The molecule has 1 amide bonds. The highest BCUT2D eigenvalue weighted by atomic mass is 16.3. The van der Waals surface area contributed by atoms with Gasteiger partial charge < -0.3 is 14.9 Å². The van der Waals surface area contributed by atoms with Crippen molar-refractivity contribution in [2.24, 2.45) is 0 Å². The minimum absolute atomic E-state index is 0.0695. The van der Waals surface area contributed by atoms with Gasteiger partial charge in [0.2, 0.25) is 0 Å². The highest BCUT2D eigenvalue weighted by molar-refractivity contribution is 5.94. The Morgan fingerprint density at radius 2 is 1.67 bits per heavy atom. The minimum atomic E-state index is 0.0695. The lowest BCUT2D eigenvalue weighted by Gasteiger charge is -2.39. The molecule has 0 spiro atoms.